The van der Waals surface area contributed by atoms with Gasteiger partial charge in [0.1, 0.15) is 5.75 Å². The van der Waals surface area contributed by atoms with E-state index in [9.17, 15) is 4.79 Å². The zero-order chi connectivity index (χ0) is 20.9. The highest BCUT2D eigenvalue weighted by molar-refractivity contribution is 6.33. The molecule has 0 fully saturated rings. The van der Waals surface area contributed by atoms with Crippen LogP contribution < -0.4 is 10.2 Å². The number of halogens is 1. The Kier molecular flexibility index (Phi) is 10.1. The van der Waals surface area contributed by atoms with Crippen LogP contribution in [0.2, 0.25) is 5.02 Å². The molecule has 0 spiro atoms. The summed E-state index contributed by atoms with van der Waals surface area (Å²) in [6, 6.07) is 11.9. The molecule has 29 heavy (non-hydrogen) atoms. The van der Waals surface area contributed by atoms with Crippen LogP contribution in [0, 0.1) is 0 Å². The van der Waals surface area contributed by atoms with Crippen LogP contribution in [-0.4, -0.2) is 23.9 Å². The van der Waals surface area contributed by atoms with Crippen molar-refractivity contribution in [1.29, 1.82) is 0 Å². The fourth-order valence-electron chi connectivity index (χ4n) is 2.82. The Morgan fingerprint density at radius 3 is 2.41 bits per heavy atom. The number of rotatable bonds is 13. The van der Waals surface area contributed by atoms with E-state index in [0.29, 0.717) is 17.3 Å². The summed E-state index contributed by atoms with van der Waals surface area (Å²) in [6.07, 6.45) is 10.4. The number of nitrogens with one attached hydrogen (secondary N) is 1. The molecule has 0 unspecified atom stereocenters. The molecule has 0 aliphatic rings. The average molecular weight is 417 g/mol. The van der Waals surface area contributed by atoms with E-state index < -0.39 is 5.97 Å². The minimum Gasteiger partial charge on any atom is -0.494 e. The van der Waals surface area contributed by atoms with Gasteiger partial charge in [-0.1, -0.05) is 57.0 Å². The largest absolute Gasteiger partial charge is 0.494 e. The van der Waals surface area contributed by atoms with Gasteiger partial charge in [-0.25, -0.2) is 4.79 Å². The number of hydrogen-bond acceptors (Lipinski definition) is 4. The number of hydrazone groups is 1. The number of carboxylic acids is 1. The van der Waals surface area contributed by atoms with Gasteiger partial charge in [-0.05, 0) is 48.9 Å². The Labute approximate surface area is 177 Å². The lowest BCUT2D eigenvalue weighted by molar-refractivity contribution is 0.0697. The fraction of sp³-hybridized carbons (Fsp3) is 0.391. The molecule has 6 heteroatoms. The molecule has 0 atom stereocenters. The van der Waals surface area contributed by atoms with Crippen molar-refractivity contribution in [3.05, 3.63) is 58.6 Å². The fourth-order valence-corrected chi connectivity index (χ4v) is 3.03. The Hall–Kier alpha value is -2.53. The van der Waals surface area contributed by atoms with Gasteiger partial charge in [0.25, 0.3) is 0 Å². The smallest absolute Gasteiger partial charge is 0.335 e. The number of aromatic carboxylic acids is 1. The Balaban J connectivity index is 1.74. The third kappa shape index (κ3) is 8.57. The summed E-state index contributed by atoms with van der Waals surface area (Å²) < 4.78 is 5.78. The van der Waals surface area contributed by atoms with E-state index in [2.05, 4.69) is 17.5 Å². The Morgan fingerprint density at radius 2 is 1.76 bits per heavy atom. The molecular weight excluding hydrogens is 388 g/mol. The van der Waals surface area contributed by atoms with E-state index in [1.54, 1.807) is 24.4 Å². The molecule has 2 aromatic rings. The van der Waals surface area contributed by atoms with Crippen LogP contribution in [0.25, 0.3) is 0 Å². The summed E-state index contributed by atoms with van der Waals surface area (Å²) in [5, 5.41) is 13.6. The lowest BCUT2D eigenvalue weighted by Crippen LogP contribution is -1.98. The molecule has 2 aromatic carbocycles. The summed E-state index contributed by atoms with van der Waals surface area (Å²) in [5.41, 5.74) is 4.55. The van der Waals surface area contributed by atoms with Gasteiger partial charge in [0, 0.05) is 5.56 Å². The Bertz CT molecular complexity index is 791. The molecule has 0 heterocycles. The zero-order valence-electron chi connectivity index (χ0n) is 16.9. The van der Waals surface area contributed by atoms with Crippen LogP contribution in [0.5, 0.6) is 5.75 Å². The van der Waals surface area contributed by atoms with Crippen molar-refractivity contribution in [3.63, 3.8) is 0 Å². The predicted molar refractivity (Wildman–Crippen MR) is 120 cm³/mol. The number of benzene rings is 2. The lowest BCUT2D eigenvalue weighted by Gasteiger charge is -2.08. The molecule has 0 aliphatic carbocycles. The number of ether oxygens (including phenoxy) is 1. The molecule has 0 amide bonds. The second-order valence-electron chi connectivity index (χ2n) is 6.91. The maximum absolute atomic E-state index is 10.8. The van der Waals surface area contributed by atoms with Crippen LogP contribution in [0.4, 0.5) is 5.69 Å². The summed E-state index contributed by atoms with van der Waals surface area (Å²) in [4.78, 5) is 10.8. The molecule has 0 aromatic heterocycles. The number of carbonyl (C=O) groups is 1. The van der Waals surface area contributed by atoms with Crippen molar-refractivity contribution in [2.45, 2.75) is 51.9 Å². The minimum atomic E-state index is -0.957. The van der Waals surface area contributed by atoms with E-state index in [1.807, 2.05) is 12.1 Å². The molecule has 0 saturated heterocycles. The van der Waals surface area contributed by atoms with Gasteiger partial charge in [0.05, 0.1) is 29.1 Å². The molecule has 2 rings (SSSR count). The molecule has 0 radical (unpaired) electrons. The highest BCUT2D eigenvalue weighted by Gasteiger charge is 2.03. The number of carboxylic acid groups (broad SMARTS) is 1. The van der Waals surface area contributed by atoms with Gasteiger partial charge < -0.3 is 9.84 Å². The minimum absolute atomic E-state index is 0.231. The summed E-state index contributed by atoms with van der Waals surface area (Å²) in [7, 11) is 0. The van der Waals surface area contributed by atoms with Crippen molar-refractivity contribution in [2.75, 3.05) is 12.0 Å². The first-order chi connectivity index (χ1) is 14.1. The first-order valence-corrected chi connectivity index (χ1v) is 10.5. The van der Waals surface area contributed by atoms with Crippen LogP contribution in [0.15, 0.2) is 47.6 Å². The topological polar surface area (TPSA) is 70.9 Å². The van der Waals surface area contributed by atoms with E-state index in [1.165, 1.54) is 50.7 Å². The van der Waals surface area contributed by atoms with Crippen LogP contribution in [0.1, 0.15) is 67.8 Å². The standard InChI is InChI=1S/C23H29ClN2O3/c1-2-3-4-5-6-7-8-15-29-21-14-11-19(22(24)16-21)17-25-26-20-12-9-18(10-13-20)23(27)28/h9-14,16-17,26H,2-8,15H2,1H3,(H,27,28). The number of anilines is 1. The van der Waals surface area contributed by atoms with E-state index >= 15 is 0 Å². The number of hydrogen-bond donors (Lipinski definition) is 2. The SMILES string of the molecule is CCCCCCCCCOc1ccc(C=NNc2ccc(C(=O)O)cc2)c(Cl)c1. The van der Waals surface area contributed by atoms with Gasteiger partial charge in [-0.2, -0.15) is 5.10 Å². The van der Waals surface area contributed by atoms with Crippen LogP contribution in [0.3, 0.4) is 0 Å². The van der Waals surface area contributed by atoms with Gasteiger partial charge in [0.2, 0.25) is 0 Å². The normalized spacial score (nSPS) is 11.0. The molecule has 5 nitrogen and oxygen atoms in total. The summed E-state index contributed by atoms with van der Waals surface area (Å²) in [5.74, 6) is -0.198. The van der Waals surface area contributed by atoms with Gasteiger partial charge in [-0.15, -0.1) is 0 Å². The number of nitrogens with zero attached hydrogens (tertiary/aromatic N) is 1. The second kappa shape index (κ2) is 12.8. The van der Waals surface area contributed by atoms with Crippen molar-refractivity contribution in [2.24, 2.45) is 5.10 Å². The average Bonchev–Trinajstić information content (AvgIpc) is 2.72. The third-order valence-corrected chi connectivity index (χ3v) is 4.84. The van der Waals surface area contributed by atoms with Gasteiger partial charge in [-0.3, -0.25) is 5.43 Å². The second-order valence-corrected chi connectivity index (χ2v) is 7.31. The van der Waals surface area contributed by atoms with Gasteiger partial charge in [0.15, 0.2) is 0 Å². The van der Waals surface area contributed by atoms with Crippen molar-refractivity contribution >= 4 is 29.5 Å². The van der Waals surface area contributed by atoms with E-state index in [-0.39, 0.29) is 5.56 Å². The number of unbranched alkanes of at least 4 members (excludes halogenated alkanes) is 6. The monoisotopic (exact) mass is 416 g/mol. The van der Waals surface area contributed by atoms with Crippen LogP contribution in [-0.2, 0) is 0 Å². The molecule has 0 saturated carbocycles. The predicted octanol–water partition coefficient (Wildman–Crippen LogP) is 6.61. The zero-order valence-corrected chi connectivity index (χ0v) is 17.6. The van der Waals surface area contributed by atoms with Crippen LogP contribution >= 0.6 is 11.6 Å². The molecule has 0 bridgehead atoms. The Morgan fingerprint density at radius 1 is 1.07 bits per heavy atom. The summed E-state index contributed by atoms with van der Waals surface area (Å²) >= 11 is 6.31. The molecule has 156 valence electrons. The summed E-state index contributed by atoms with van der Waals surface area (Å²) in [6.45, 7) is 2.93. The van der Waals surface area contributed by atoms with Crippen molar-refractivity contribution in [1.82, 2.24) is 0 Å². The highest BCUT2D eigenvalue weighted by atomic mass is 35.5. The van der Waals surface area contributed by atoms with E-state index in [4.69, 9.17) is 21.4 Å². The maximum Gasteiger partial charge on any atom is 0.335 e. The highest BCUT2D eigenvalue weighted by Crippen LogP contribution is 2.22. The molecule has 2 N–H and O–H groups in total. The first kappa shape index (κ1) is 22.8. The molecular formula is C23H29ClN2O3. The third-order valence-electron chi connectivity index (χ3n) is 4.52. The van der Waals surface area contributed by atoms with Crippen molar-refractivity contribution in [3.8, 4) is 5.75 Å². The van der Waals surface area contributed by atoms with Crippen molar-refractivity contribution < 1.29 is 14.6 Å². The maximum atomic E-state index is 10.8. The van der Waals surface area contributed by atoms with Gasteiger partial charge >= 0.3 is 5.97 Å². The van der Waals surface area contributed by atoms with E-state index in [0.717, 1.165) is 17.7 Å². The lowest BCUT2D eigenvalue weighted by atomic mass is 10.1. The molecule has 0 aliphatic heterocycles. The first-order valence-electron chi connectivity index (χ1n) is 10.1. The quantitative estimate of drug-likeness (QED) is 0.219.